The van der Waals surface area contributed by atoms with Gasteiger partial charge in [-0.3, -0.25) is 4.79 Å². The third kappa shape index (κ3) is 5.06. The van der Waals surface area contributed by atoms with Crippen LogP contribution in [0.3, 0.4) is 0 Å². The number of para-hydroxylation sites is 1. The maximum Gasteiger partial charge on any atom is 0.260 e. The molecule has 2 aromatic rings. The Hall–Kier alpha value is -1.90. The second kappa shape index (κ2) is 8.66. The van der Waals surface area contributed by atoms with E-state index in [9.17, 15) is 13.2 Å². The Bertz CT molecular complexity index is 807. The molecule has 1 aliphatic heterocycles. The number of piperidine rings is 1. The zero-order chi connectivity index (χ0) is 18.4. The van der Waals surface area contributed by atoms with Crippen LogP contribution in [0.4, 0.5) is 0 Å². The first-order chi connectivity index (χ1) is 12.5. The van der Waals surface area contributed by atoms with Gasteiger partial charge in [0.05, 0.1) is 0 Å². The molecule has 3 rings (SSSR count). The number of hydrogen-bond donors (Lipinski definition) is 1. The SMILES string of the molecule is O=C(COc1ccccc1)N1CCCC(CNS(=O)(=O)c2cccs2)C1. The second-order valence-electron chi connectivity index (χ2n) is 6.23. The van der Waals surface area contributed by atoms with Crippen molar-refractivity contribution in [2.45, 2.75) is 17.1 Å². The van der Waals surface area contributed by atoms with E-state index >= 15 is 0 Å². The standard InChI is InChI=1S/C18H22N2O4S2/c21-17(14-24-16-7-2-1-3-8-16)20-10-4-6-15(13-20)12-19-26(22,23)18-9-5-11-25-18/h1-3,5,7-9,11,15,19H,4,6,10,12-14H2. The molecule has 8 heteroatoms. The Morgan fingerprint density at radius 2 is 2.04 bits per heavy atom. The van der Waals surface area contributed by atoms with Gasteiger partial charge >= 0.3 is 0 Å². The lowest BCUT2D eigenvalue weighted by Gasteiger charge is -2.32. The average Bonchev–Trinajstić information content (AvgIpc) is 3.21. The van der Waals surface area contributed by atoms with Crippen LogP contribution >= 0.6 is 11.3 Å². The Morgan fingerprint density at radius 1 is 1.23 bits per heavy atom. The van der Waals surface area contributed by atoms with Gasteiger partial charge in [-0.1, -0.05) is 24.3 Å². The molecule has 0 radical (unpaired) electrons. The van der Waals surface area contributed by atoms with Gasteiger partial charge in [0.25, 0.3) is 5.91 Å². The molecule has 0 spiro atoms. The second-order valence-corrected chi connectivity index (χ2v) is 9.18. The summed E-state index contributed by atoms with van der Waals surface area (Å²) in [4.78, 5) is 14.1. The van der Waals surface area contributed by atoms with Gasteiger partial charge in [0.2, 0.25) is 10.0 Å². The molecule has 6 nitrogen and oxygen atoms in total. The molecular formula is C18H22N2O4S2. The van der Waals surface area contributed by atoms with Crippen molar-refractivity contribution in [3.8, 4) is 5.75 Å². The third-order valence-corrected chi connectivity index (χ3v) is 7.12. The minimum atomic E-state index is -3.46. The topological polar surface area (TPSA) is 75.7 Å². The van der Waals surface area contributed by atoms with Gasteiger partial charge in [0.15, 0.2) is 6.61 Å². The summed E-state index contributed by atoms with van der Waals surface area (Å²) in [6.45, 7) is 1.57. The van der Waals surface area contributed by atoms with Crippen molar-refractivity contribution in [3.63, 3.8) is 0 Å². The highest BCUT2D eigenvalue weighted by molar-refractivity contribution is 7.91. The van der Waals surface area contributed by atoms with Gasteiger partial charge in [-0.25, -0.2) is 13.1 Å². The minimum Gasteiger partial charge on any atom is -0.484 e. The van der Waals surface area contributed by atoms with Crippen molar-refractivity contribution in [3.05, 3.63) is 47.8 Å². The van der Waals surface area contributed by atoms with Crippen molar-refractivity contribution >= 4 is 27.3 Å². The van der Waals surface area contributed by atoms with Gasteiger partial charge in [-0.2, -0.15) is 0 Å². The summed E-state index contributed by atoms with van der Waals surface area (Å²) in [6.07, 6.45) is 1.76. The molecule has 1 amide bonds. The van der Waals surface area contributed by atoms with Crippen LogP contribution in [0, 0.1) is 5.92 Å². The Balaban J connectivity index is 1.48. The maximum atomic E-state index is 12.4. The Morgan fingerprint density at radius 3 is 2.77 bits per heavy atom. The largest absolute Gasteiger partial charge is 0.484 e. The normalized spacial score (nSPS) is 17.8. The molecule has 26 heavy (non-hydrogen) atoms. The number of ether oxygens (including phenoxy) is 1. The van der Waals surface area contributed by atoms with Crippen LogP contribution in [0.25, 0.3) is 0 Å². The average molecular weight is 395 g/mol. The summed E-state index contributed by atoms with van der Waals surface area (Å²) in [5.41, 5.74) is 0. The zero-order valence-corrected chi connectivity index (χ0v) is 16.0. The first-order valence-corrected chi connectivity index (χ1v) is 10.9. The number of hydrogen-bond acceptors (Lipinski definition) is 5. The minimum absolute atomic E-state index is 0.00233. The fourth-order valence-corrected chi connectivity index (χ4v) is 5.08. The van der Waals surface area contributed by atoms with E-state index in [1.54, 1.807) is 22.4 Å². The number of carbonyl (C=O) groups excluding carboxylic acids is 1. The molecule has 1 atom stereocenters. The molecule has 1 unspecified atom stereocenters. The molecule has 0 aliphatic carbocycles. The van der Waals surface area contributed by atoms with Crippen molar-refractivity contribution < 1.29 is 17.9 Å². The molecule has 0 saturated carbocycles. The Labute approximate surface area is 157 Å². The highest BCUT2D eigenvalue weighted by Gasteiger charge is 2.25. The summed E-state index contributed by atoms with van der Waals surface area (Å²) in [6, 6.07) is 12.5. The van der Waals surface area contributed by atoms with Crippen LogP contribution in [-0.4, -0.2) is 45.5 Å². The van der Waals surface area contributed by atoms with Crippen LogP contribution in [-0.2, 0) is 14.8 Å². The molecular weight excluding hydrogens is 372 g/mol. The number of likely N-dealkylation sites (tertiary alicyclic amines) is 1. The number of rotatable bonds is 7. The predicted octanol–water partition coefficient (Wildman–Crippen LogP) is 2.34. The molecule has 140 valence electrons. The summed E-state index contributed by atoms with van der Waals surface area (Å²) in [5, 5.41) is 1.74. The zero-order valence-electron chi connectivity index (χ0n) is 14.3. The van der Waals surface area contributed by atoms with Gasteiger partial charge in [0, 0.05) is 19.6 Å². The monoisotopic (exact) mass is 394 g/mol. The van der Waals surface area contributed by atoms with Crippen molar-refractivity contribution in [1.82, 2.24) is 9.62 Å². The number of benzene rings is 1. The van der Waals surface area contributed by atoms with E-state index in [1.807, 2.05) is 30.3 Å². The lowest BCUT2D eigenvalue weighted by Crippen LogP contribution is -2.45. The van der Waals surface area contributed by atoms with Crippen LogP contribution in [0.15, 0.2) is 52.1 Å². The van der Waals surface area contributed by atoms with Gasteiger partial charge in [-0.05, 0) is 42.3 Å². The Kier molecular flexibility index (Phi) is 6.29. The van der Waals surface area contributed by atoms with E-state index < -0.39 is 10.0 Å². The third-order valence-electron chi connectivity index (χ3n) is 4.30. The first kappa shape index (κ1) is 18.9. The molecule has 2 heterocycles. The van der Waals surface area contributed by atoms with E-state index in [2.05, 4.69) is 4.72 Å². The summed E-state index contributed by atoms with van der Waals surface area (Å²) < 4.78 is 32.9. The molecule has 1 saturated heterocycles. The van der Waals surface area contributed by atoms with E-state index in [0.717, 1.165) is 12.8 Å². The van der Waals surface area contributed by atoms with E-state index in [1.165, 1.54) is 11.3 Å². The number of nitrogens with one attached hydrogen (secondary N) is 1. The maximum absolute atomic E-state index is 12.4. The number of thiophene rings is 1. The van der Waals surface area contributed by atoms with Gasteiger partial charge in [0.1, 0.15) is 9.96 Å². The highest BCUT2D eigenvalue weighted by Crippen LogP contribution is 2.19. The van der Waals surface area contributed by atoms with Crippen molar-refractivity contribution in [1.29, 1.82) is 0 Å². The van der Waals surface area contributed by atoms with Crippen LogP contribution in [0.1, 0.15) is 12.8 Å². The van der Waals surface area contributed by atoms with Gasteiger partial charge < -0.3 is 9.64 Å². The first-order valence-electron chi connectivity index (χ1n) is 8.53. The quantitative estimate of drug-likeness (QED) is 0.782. The van der Waals surface area contributed by atoms with Crippen LogP contribution < -0.4 is 9.46 Å². The molecule has 1 aliphatic rings. The van der Waals surface area contributed by atoms with Crippen molar-refractivity contribution in [2.75, 3.05) is 26.2 Å². The van der Waals surface area contributed by atoms with Crippen molar-refractivity contribution in [2.24, 2.45) is 5.92 Å². The summed E-state index contributed by atoms with van der Waals surface area (Å²) in [5.74, 6) is 0.706. The predicted molar refractivity (Wildman–Crippen MR) is 101 cm³/mol. The van der Waals surface area contributed by atoms with Gasteiger partial charge in [-0.15, -0.1) is 11.3 Å². The smallest absolute Gasteiger partial charge is 0.260 e. The van der Waals surface area contributed by atoms with E-state index in [4.69, 9.17) is 4.74 Å². The number of amides is 1. The van der Waals surface area contributed by atoms with Crippen LogP contribution in [0.2, 0.25) is 0 Å². The summed E-state index contributed by atoms with van der Waals surface area (Å²) in [7, 11) is -3.46. The fourth-order valence-electron chi connectivity index (χ4n) is 2.93. The molecule has 1 aromatic carbocycles. The van der Waals surface area contributed by atoms with E-state index in [-0.39, 0.29) is 18.4 Å². The lowest BCUT2D eigenvalue weighted by molar-refractivity contribution is -0.135. The molecule has 0 bridgehead atoms. The molecule has 1 N–H and O–H groups in total. The summed E-state index contributed by atoms with van der Waals surface area (Å²) >= 11 is 1.19. The fraction of sp³-hybridized carbons (Fsp3) is 0.389. The number of carbonyl (C=O) groups is 1. The lowest BCUT2D eigenvalue weighted by atomic mass is 9.98. The van der Waals surface area contributed by atoms with Crippen LogP contribution in [0.5, 0.6) is 5.75 Å². The number of nitrogens with zero attached hydrogens (tertiary/aromatic N) is 1. The molecule has 1 aromatic heterocycles. The number of sulfonamides is 1. The van der Waals surface area contributed by atoms with E-state index in [0.29, 0.717) is 29.6 Å². The highest BCUT2D eigenvalue weighted by atomic mass is 32.2. The molecule has 1 fully saturated rings.